The minimum atomic E-state index is -0.00400. The Kier molecular flexibility index (Phi) is 8.79. The Balaban J connectivity index is 2.12. The van der Waals surface area contributed by atoms with Crippen molar-refractivity contribution in [2.45, 2.75) is 50.7 Å². The molecule has 0 spiro atoms. The Bertz CT molecular complexity index is 241. The molecule has 0 radical (unpaired) electrons. The molecule has 2 N–H and O–H groups in total. The van der Waals surface area contributed by atoms with E-state index in [4.69, 9.17) is 9.47 Å². The number of rotatable bonds is 8. The van der Waals surface area contributed by atoms with E-state index in [1.54, 1.807) is 14.2 Å². The minimum absolute atomic E-state index is 0.00400. The van der Waals surface area contributed by atoms with E-state index in [0.29, 0.717) is 25.7 Å². The van der Waals surface area contributed by atoms with Crippen LogP contribution in [0, 0.1) is 0 Å². The molecule has 1 fully saturated rings. The Labute approximate surface area is 116 Å². The molecule has 0 heterocycles. The quantitative estimate of drug-likeness (QED) is 0.649. The number of carbonyl (C=O) groups is 1. The van der Waals surface area contributed by atoms with Gasteiger partial charge in [0.15, 0.2) is 0 Å². The van der Waals surface area contributed by atoms with Crippen molar-refractivity contribution in [1.29, 1.82) is 0 Å². The number of methoxy groups -OCH3 is 2. The molecule has 1 aliphatic rings. The van der Waals surface area contributed by atoms with E-state index in [1.807, 2.05) is 0 Å². The number of carbonyl (C=O) groups excluding carboxylic acids is 1. The van der Waals surface area contributed by atoms with Crippen LogP contribution in [0.4, 0.5) is 0 Å². The van der Waals surface area contributed by atoms with Crippen molar-refractivity contribution in [3.8, 4) is 0 Å². The number of nitrogens with one attached hydrogen (secondary N) is 2. The molecule has 112 valence electrons. The van der Waals surface area contributed by atoms with Crippen molar-refractivity contribution in [2.24, 2.45) is 0 Å². The van der Waals surface area contributed by atoms with Gasteiger partial charge in [0.2, 0.25) is 5.91 Å². The van der Waals surface area contributed by atoms with Crippen LogP contribution in [0.15, 0.2) is 0 Å². The molecule has 1 rings (SSSR count). The monoisotopic (exact) mass is 272 g/mol. The third kappa shape index (κ3) is 7.50. The van der Waals surface area contributed by atoms with Gasteiger partial charge in [-0.1, -0.05) is 25.7 Å². The van der Waals surface area contributed by atoms with Gasteiger partial charge in [0, 0.05) is 26.8 Å². The third-order valence-electron chi connectivity index (χ3n) is 3.56. The fourth-order valence-corrected chi connectivity index (χ4v) is 2.45. The van der Waals surface area contributed by atoms with Gasteiger partial charge in [-0.25, -0.2) is 0 Å². The summed E-state index contributed by atoms with van der Waals surface area (Å²) in [7, 11) is 3.29. The van der Waals surface area contributed by atoms with Crippen LogP contribution in [0.5, 0.6) is 0 Å². The summed E-state index contributed by atoms with van der Waals surface area (Å²) in [6.07, 6.45) is 7.31. The first kappa shape index (κ1) is 16.4. The van der Waals surface area contributed by atoms with E-state index in [2.05, 4.69) is 10.6 Å². The van der Waals surface area contributed by atoms with E-state index in [-0.39, 0.29) is 12.0 Å². The van der Waals surface area contributed by atoms with Crippen LogP contribution in [0.1, 0.15) is 38.5 Å². The van der Waals surface area contributed by atoms with Gasteiger partial charge in [-0.3, -0.25) is 4.79 Å². The highest BCUT2D eigenvalue weighted by Gasteiger charge is 2.14. The zero-order chi connectivity index (χ0) is 13.9. The van der Waals surface area contributed by atoms with Crippen LogP contribution in [-0.2, 0) is 14.3 Å². The molecular formula is C14H28N2O3. The van der Waals surface area contributed by atoms with Crippen LogP contribution in [0.25, 0.3) is 0 Å². The lowest BCUT2D eigenvalue weighted by Gasteiger charge is -2.18. The van der Waals surface area contributed by atoms with Crippen molar-refractivity contribution in [3.05, 3.63) is 0 Å². The number of hydrogen-bond donors (Lipinski definition) is 2. The van der Waals surface area contributed by atoms with Crippen molar-refractivity contribution >= 4 is 5.91 Å². The number of ether oxygens (including phenoxy) is 2. The van der Waals surface area contributed by atoms with Crippen LogP contribution >= 0.6 is 0 Å². The van der Waals surface area contributed by atoms with Gasteiger partial charge < -0.3 is 20.1 Å². The van der Waals surface area contributed by atoms with Crippen molar-refractivity contribution < 1.29 is 14.3 Å². The number of amides is 1. The second-order valence-electron chi connectivity index (χ2n) is 5.20. The van der Waals surface area contributed by atoms with E-state index in [9.17, 15) is 4.79 Å². The Hall–Kier alpha value is -0.650. The molecule has 1 amide bonds. The largest absolute Gasteiger partial charge is 0.382 e. The molecule has 0 aromatic rings. The molecule has 0 aromatic heterocycles. The second-order valence-corrected chi connectivity index (χ2v) is 5.20. The van der Waals surface area contributed by atoms with Gasteiger partial charge in [-0.05, 0) is 12.8 Å². The number of hydrogen-bond acceptors (Lipinski definition) is 4. The molecule has 0 aromatic carbocycles. The zero-order valence-electron chi connectivity index (χ0n) is 12.2. The highest BCUT2D eigenvalue weighted by Crippen LogP contribution is 2.16. The Morgan fingerprint density at radius 1 is 1.21 bits per heavy atom. The lowest BCUT2D eigenvalue weighted by molar-refractivity contribution is -0.121. The maximum atomic E-state index is 11.8. The zero-order valence-corrected chi connectivity index (χ0v) is 12.2. The maximum Gasteiger partial charge on any atom is 0.234 e. The first-order chi connectivity index (χ1) is 9.26. The summed E-state index contributed by atoms with van der Waals surface area (Å²) in [5.41, 5.74) is 0. The van der Waals surface area contributed by atoms with Crippen molar-refractivity contribution in [2.75, 3.05) is 33.9 Å². The first-order valence-electron chi connectivity index (χ1n) is 7.28. The SMILES string of the molecule is COCC(CNCC(=O)NC1CCCCCC1)OC. The van der Waals surface area contributed by atoms with E-state index in [0.717, 1.165) is 12.8 Å². The smallest absolute Gasteiger partial charge is 0.234 e. The van der Waals surface area contributed by atoms with Gasteiger partial charge in [0.05, 0.1) is 19.3 Å². The normalized spacial score (nSPS) is 18.8. The molecule has 0 bridgehead atoms. The molecular weight excluding hydrogens is 244 g/mol. The fourth-order valence-electron chi connectivity index (χ4n) is 2.45. The molecule has 1 unspecified atom stereocenters. The van der Waals surface area contributed by atoms with Crippen LogP contribution in [0.3, 0.4) is 0 Å². The average Bonchev–Trinajstić information content (AvgIpc) is 2.66. The highest BCUT2D eigenvalue weighted by molar-refractivity contribution is 5.78. The van der Waals surface area contributed by atoms with Crippen LogP contribution < -0.4 is 10.6 Å². The second kappa shape index (κ2) is 10.2. The van der Waals surface area contributed by atoms with Gasteiger partial charge in [0.25, 0.3) is 0 Å². The van der Waals surface area contributed by atoms with E-state index >= 15 is 0 Å². The van der Waals surface area contributed by atoms with Crippen molar-refractivity contribution in [3.63, 3.8) is 0 Å². The summed E-state index contributed by atoms with van der Waals surface area (Å²) in [5, 5.41) is 6.22. The topological polar surface area (TPSA) is 59.6 Å². The van der Waals surface area contributed by atoms with Gasteiger partial charge >= 0.3 is 0 Å². The highest BCUT2D eigenvalue weighted by atomic mass is 16.5. The molecule has 1 aliphatic carbocycles. The molecule has 1 saturated carbocycles. The molecule has 0 aliphatic heterocycles. The predicted octanol–water partition coefficient (Wildman–Crippen LogP) is 1.08. The summed E-state index contributed by atoms with van der Waals surface area (Å²) in [4.78, 5) is 11.8. The molecule has 5 nitrogen and oxygen atoms in total. The predicted molar refractivity (Wildman–Crippen MR) is 75.2 cm³/mol. The molecule has 0 saturated heterocycles. The standard InChI is InChI=1S/C14H28N2O3/c1-18-11-13(19-2)9-15-10-14(17)16-12-7-5-3-4-6-8-12/h12-13,15H,3-11H2,1-2H3,(H,16,17). The minimum Gasteiger partial charge on any atom is -0.382 e. The first-order valence-corrected chi connectivity index (χ1v) is 7.28. The lowest BCUT2D eigenvalue weighted by Crippen LogP contribution is -2.42. The van der Waals surface area contributed by atoms with Crippen LogP contribution in [-0.4, -0.2) is 52.0 Å². The summed E-state index contributed by atoms with van der Waals surface area (Å²) >= 11 is 0. The molecule has 1 atom stereocenters. The average molecular weight is 272 g/mol. The Morgan fingerprint density at radius 2 is 1.89 bits per heavy atom. The van der Waals surface area contributed by atoms with E-state index < -0.39 is 0 Å². The summed E-state index contributed by atoms with van der Waals surface area (Å²) in [6.45, 7) is 1.51. The summed E-state index contributed by atoms with van der Waals surface area (Å²) in [6, 6.07) is 0.369. The molecule has 5 heteroatoms. The fraction of sp³-hybridized carbons (Fsp3) is 0.929. The summed E-state index contributed by atoms with van der Waals surface area (Å²) < 4.78 is 10.2. The van der Waals surface area contributed by atoms with Gasteiger partial charge in [-0.2, -0.15) is 0 Å². The lowest BCUT2D eigenvalue weighted by atomic mass is 10.1. The van der Waals surface area contributed by atoms with Gasteiger partial charge in [-0.15, -0.1) is 0 Å². The summed E-state index contributed by atoms with van der Waals surface area (Å²) in [5.74, 6) is 0.0826. The van der Waals surface area contributed by atoms with E-state index in [1.165, 1.54) is 25.7 Å². The third-order valence-corrected chi connectivity index (χ3v) is 3.56. The van der Waals surface area contributed by atoms with Crippen LogP contribution in [0.2, 0.25) is 0 Å². The Morgan fingerprint density at radius 3 is 2.47 bits per heavy atom. The molecule has 19 heavy (non-hydrogen) atoms. The maximum absolute atomic E-state index is 11.8. The van der Waals surface area contributed by atoms with Gasteiger partial charge in [0.1, 0.15) is 0 Å². The van der Waals surface area contributed by atoms with Crippen molar-refractivity contribution in [1.82, 2.24) is 10.6 Å².